The van der Waals surface area contributed by atoms with Crippen molar-refractivity contribution in [3.8, 4) is 0 Å². The first kappa shape index (κ1) is 14.4. The maximum Gasteiger partial charge on any atom is 0.220 e. The summed E-state index contributed by atoms with van der Waals surface area (Å²) in [6.45, 7) is 10.2. The molecule has 0 spiro atoms. The lowest BCUT2D eigenvalue weighted by molar-refractivity contribution is -0.123. The molecule has 0 radical (unpaired) electrons. The highest BCUT2D eigenvalue weighted by Gasteiger charge is 2.22. The van der Waals surface area contributed by atoms with Gasteiger partial charge in [0.25, 0.3) is 0 Å². The maximum atomic E-state index is 11.4. The third-order valence-corrected chi connectivity index (χ3v) is 2.11. The fraction of sp³-hybridized carbons (Fsp3) is 0.917. The minimum Gasteiger partial charge on any atom is -0.388 e. The lowest BCUT2D eigenvalue weighted by atomic mass is 9.94. The van der Waals surface area contributed by atoms with E-state index in [1.807, 2.05) is 13.8 Å². The molecule has 0 aromatic heterocycles. The molecule has 0 rings (SSSR count). The summed E-state index contributed by atoms with van der Waals surface area (Å²) < 4.78 is 0. The fourth-order valence-corrected chi connectivity index (χ4v) is 1.68. The molecular formula is C12H25NO2. The zero-order valence-electron chi connectivity index (χ0n) is 10.6. The highest BCUT2D eigenvalue weighted by atomic mass is 16.3. The smallest absolute Gasteiger partial charge is 0.220 e. The van der Waals surface area contributed by atoms with Crippen molar-refractivity contribution in [1.82, 2.24) is 5.32 Å². The second kappa shape index (κ2) is 6.11. The van der Waals surface area contributed by atoms with E-state index < -0.39 is 5.60 Å². The predicted octanol–water partition coefficient (Wildman–Crippen LogP) is 1.95. The van der Waals surface area contributed by atoms with Gasteiger partial charge in [0.1, 0.15) is 0 Å². The molecule has 0 fully saturated rings. The van der Waals surface area contributed by atoms with E-state index in [0.717, 1.165) is 0 Å². The van der Waals surface area contributed by atoms with Crippen LogP contribution in [0.2, 0.25) is 0 Å². The number of hydrogen-bond donors (Lipinski definition) is 2. The summed E-state index contributed by atoms with van der Waals surface area (Å²) in [6.07, 6.45) is 1.23. The Bertz CT molecular complexity index is 198. The van der Waals surface area contributed by atoms with Gasteiger partial charge in [-0.1, -0.05) is 27.7 Å². The molecule has 15 heavy (non-hydrogen) atoms. The molecule has 0 aliphatic heterocycles. The van der Waals surface area contributed by atoms with Crippen LogP contribution in [0.3, 0.4) is 0 Å². The van der Waals surface area contributed by atoms with E-state index in [2.05, 4.69) is 19.2 Å². The van der Waals surface area contributed by atoms with E-state index in [9.17, 15) is 9.90 Å². The van der Waals surface area contributed by atoms with Crippen molar-refractivity contribution in [3.63, 3.8) is 0 Å². The van der Waals surface area contributed by atoms with Crippen LogP contribution in [0.25, 0.3) is 0 Å². The zero-order valence-corrected chi connectivity index (χ0v) is 10.6. The number of aliphatic hydroxyl groups is 1. The second-order valence-electron chi connectivity index (χ2n) is 5.47. The molecule has 1 atom stereocenters. The van der Waals surface area contributed by atoms with E-state index in [1.165, 1.54) is 0 Å². The number of carbonyl (C=O) groups is 1. The zero-order chi connectivity index (χ0) is 12.1. The van der Waals surface area contributed by atoms with Gasteiger partial charge in [0, 0.05) is 13.0 Å². The first-order valence-electron chi connectivity index (χ1n) is 5.72. The molecule has 0 bridgehead atoms. The molecule has 3 heteroatoms. The van der Waals surface area contributed by atoms with Crippen LogP contribution in [0.15, 0.2) is 0 Å². The Kier molecular flexibility index (Phi) is 5.88. The molecular weight excluding hydrogens is 190 g/mol. The van der Waals surface area contributed by atoms with E-state index in [0.29, 0.717) is 31.2 Å². The highest BCUT2D eigenvalue weighted by molar-refractivity contribution is 5.76. The molecule has 0 aliphatic rings. The molecule has 0 saturated carbocycles. The molecule has 3 nitrogen and oxygen atoms in total. The van der Waals surface area contributed by atoms with Crippen LogP contribution in [-0.4, -0.2) is 23.2 Å². The van der Waals surface area contributed by atoms with Gasteiger partial charge in [0.15, 0.2) is 0 Å². The Labute approximate surface area is 93.3 Å². The molecule has 0 aliphatic carbocycles. The van der Waals surface area contributed by atoms with Crippen LogP contribution < -0.4 is 5.32 Å². The SMILES string of the molecule is CC(C)CC(=O)NCC(C)(O)CC(C)C. The third kappa shape index (κ3) is 8.43. The Morgan fingerprint density at radius 1 is 1.27 bits per heavy atom. The van der Waals surface area contributed by atoms with E-state index in [-0.39, 0.29) is 5.91 Å². The minimum atomic E-state index is -0.791. The lowest BCUT2D eigenvalue weighted by Crippen LogP contribution is -2.41. The second-order valence-corrected chi connectivity index (χ2v) is 5.47. The van der Waals surface area contributed by atoms with Gasteiger partial charge < -0.3 is 10.4 Å². The minimum absolute atomic E-state index is 0.0223. The summed E-state index contributed by atoms with van der Waals surface area (Å²) in [5.74, 6) is 0.816. The first-order valence-corrected chi connectivity index (χ1v) is 5.72. The van der Waals surface area contributed by atoms with E-state index >= 15 is 0 Å². The molecule has 1 amide bonds. The summed E-state index contributed by atoms with van der Waals surface area (Å²) >= 11 is 0. The number of rotatable bonds is 6. The topological polar surface area (TPSA) is 49.3 Å². The average molecular weight is 215 g/mol. The van der Waals surface area contributed by atoms with Crippen molar-refractivity contribution in [2.45, 2.75) is 53.1 Å². The molecule has 0 aromatic carbocycles. The van der Waals surface area contributed by atoms with E-state index in [4.69, 9.17) is 0 Å². The average Bonchev–Trinajstić information content (AvgIpc) is 1.97. The van der Waals surface area contributed by atoms with Crippen LogP contribution >= 0.6 is 0 Å². The number of nitrogens with one attached hydrogen (secondary N) is 1. The van der Waals surface area contributed by atoms with Crippen molar-refractivity contribution in [2.24, 2.45) is 11.8 Å². The normalized spacial score (nSPS) is 15.5. The Hall–Kier alpha value is -0.570. The highest BCUT2D eigenvalue weighted by Crippen LogP contribution is 2.15. The number of hydrogen-bond acceptors (Lipinski definition) is 2. The summed E-state index contributed by atoms with van der Waals surface area (Å²) in [4.78, 5) is 11.4. The molecule has 1 unspecified atom stereocenters. The fourth-order valence-electron chi connectivity index (χ4n) is 1.68. The van der Waals surface area contributed by atoms with Crippen molar-refractivity contribution in [1.29, 1.82) is 0 Å². The van der Waals surface area contributed by atoms with Crippen molar-refractivity contribution in [3.05, 3.63) is 0 Å². The number of carbonyl (C=O) groups excluding carboxylic acids is 1. The van der Waals surface area contributed by atoms with Gasteiger partial charge in [0.05, 0.1) is 5.60 Å². The molecule has 0 saturated heterocycles. The van der Waals surface area contributed by atoms with Gasteiger partial charge in [-0.15, -0.1) is 0 Å². The van der Waals surface area contributed by atoms with Gasteiger partial charge in [-0.3, -0.25) is 4.79 Å². The van der Waals surface area contributed by atoms with Crippen LogP contribution in [0.1, 0.15) is 47.5 Å². The maximum absolute atomic E-state index is 11.4. The largest absolute Gasteiger partial charge is 0.388 e. The molecule has 0 heterocycles. The molecule has 2 N–H and O–H groups in total. The van der Waals surface area contributed by atoms with Crippen molar-refractivity contribution >= 4 is 5.91 Å². The standard InChI is InChI=1S/C12H25NO2/c1-9(2)6-11(14)13-8-12(5,15)7-10(3)4/h9-10,15H,6-8H2,1-5H3,(H,13,14). The van der Waals surface area contributed by atoms with Crippen LogP contribution in [0, 0.1) is 11.8 Å². The lowest BCUT2D eigenvalue weighted by Gasteiger charge is -2.25. The van der Waals surface area contributed by atoms with Gasteiger partial charge in [-0.2, -0.15) is 0 Å². The Morgan fingerprint density at radius 3 is 2.20 bits per heavy atom. The monoisotopic (exact) mass is 215 g/mol. The summed E-state index contributed by atoms with van der Waals surface area (Å²) in [6, 6.07) is 0. The molecule has 0 aromatic rings. The quantitative estimate of drug-likeness (QED) is 0.711. The van der Waals surface area contributed by atoms with Crippen LogP contribution in [0.5, 0.6) is 0 Å². The number of amides is 1. The van der Waals surface area contributed by atoms with Gasteiger partial charge >= 0.3 is 0 Å². The van der Waals surface area contributed by atoms with Gasteiger partial charge in [-0.05, 0) is 25.2 Å². The van der Waals surface area contributed by atoms with Gasteiger partial charge in [-0.25, -0.2) is 0 Å². The molecule has 90 valence electrons. The van der Waals surface area contributed by atoms with Crippen molar-refractivity contribution in [2.75, 3.05) is 6.54 Å². The third-order valence-electron chi connectivity index (χ3n) is 2.11. The Balaban J connectivity index is 3.87. The summed E-state index contributed by atoms with van der Waals surface area (Å²) in [5.41, 5.74) is -0.791. The summed E-state index contributed by atoms with van der Waals surface area (Å²) in [7, 11) is 0. The van der Waals surface area contributed by atoms with E-state index in [1.54, 1.807) is 6.92 Å². The van der Waals surface area contributed by atoms with Gasteiger partial charge in [0.2, 0.25) is 5.91 Å². The summed E-state index contributed by atoms with van der Waals surface area (Å²) in [5, 5.41) is 12.7. The predicted molar refractivity (Wildman–Crippen MR) is 62.5 cm³/mol. The van der Waals surface area contributed by atoms with Crippen LogP contribution in [0.4, 0.5) is 0 Å². The Morgan fingerprint density at radius 2 is 1.80 bits per heavy atom. The van der Waals surface area contributed by atoms with Crippen LogP contribution in [-0.2, 0) is 4.79 Å². The van der Waals surface area contributed by atoms with Crippen molar-refractivity contribution < 1.29 is 9.90 Å². The first-order chi connectivity index (χ1) is 6.73.